The zero-order valence-electron chi connectivity index (χ0n) is 14.3. The van der Waals surface area contributed by atoms with Crippen LogP contribution >= 0.6 is 23.2 Å². The average Bonchev–Trinajstić information content (AvgIpc) is 3.18. The number of ether oxygens (including phenoxy) is 1. The molecule has 2 heterocycles. The van der Waals surface area contributed by atoms with E-state index in [1.54, 1.807) is 0 Å². The van der Waals surface area contributed by atoms with Gasteiger partial charge < -0.3 is 15.4 Å². The monoisotopic (exact) mass is 401 g/mol. The zero-order chi connectivity index (χ0) is 18.7. The Morgan fingerprint density at radius 2 is 2.00 bits per heavy atom. The molecule has 1 aromatic rings. The Hall–Kier alpha value is -1.42. The molecule has 0 aliphatic carbocycles. The van der Waals surface area contributed by atoms with E-state index in [1.165, 1.54) is 19.2 Å². The van der Waals surface area contributed by atoms with Gasteiger partial charge in [-0.15, -0.1) is 0 Å². The molecule has 2 unspecified atom stereocenters. The number of carbonyl (C=O) groups excluding carboxylic acids is 2. The number of carbonyl (C=O) groups is 2. The third-order valence-electron chi connectivity index (χ3n) is 4.52. The van der Waals surface area contributed by atoms with Gasteiger partial charge in [0.2, 0.25) is 5.91 Å². The number of methoxy groups -OCH3 is 1. The van der Waals surface area contributed by atoms with Crippen molar-refractivity contribution in [1.82, 2.24) is 21.1 Å². The van der Waals surface area contributed by atoms with Crippen LogP contribution < -0.4 is 21.5 Å². The second-order valence-electron chi connectivity index (χ2n) is 6.20. The molecule has 0 aromatic heterocycles. The maximum atomic E-state index is 12.6. The third kappa shape index (κ3) is 4.28. The van der Waals surface area contributed by atoms with Crippen LogP contribution in [-0.2, 0) is 9.53 Å². The molecular formula is C16H21Cl2N5O3. The SMILES string of the molecule is COC(=O)c1cc(Cl)c(Cl)cc1NC(=O)C1CCC(N2CCNC2)NN1. The van der Waals surface area contributed by atoms with Crippen LogP contribution in [0.3, 0.4) is 0 Å². The van der Waals surface area contributed by atoms with Crippen molar-refractivity contribution in [3.05, 3.63) is 27.7 Å². The lowest BCUT2D eigenvalue weighted by Crippen LogP contribution is -2.60. The molecule has 3 rings (SSSR count). The Bertz CT molecular complexity index is 689. The summed E-state index contributed by atoms with van der Waals surface area (Å²) in [6, 6.07) is 2.40. The molecule has 0 radical (unpaired) electrons. The fourth-order valence-electron chi connectivity index (χ4n) is 3.08. The first kappa shape index (κ1) is 19.3. The van der Waals surface area contributed by atoms with E-state index < -0.39 is 12.0 Å². The van der Waals surface area contributed by atoms with Crippen LogP contribution in [0.4, 0.5) is 5.69 Å². The van der Waals surface area contributed by atoms with Gasteiger partial charge in [0, 0.05) is 19.8 Å². The van der Waals surface area contributed by atoms with Crippen LogP contribution in [0.25, 0.3) is 0 Å². The van der Waals surface area contributed by atoms with Crippen molar-refractivity contribution in [2.24, 2.45) is 0 Å². The molecule has 2 aliphatic rings. The predicted octanol–water partition coefficient (Wildman–Crippen LogP) is 1.16. The number of anilines is 1. The van der Waals surface area contributed by atoms with Crippen molar-refractivity contribution in [3.8, 4) is 0 Å². The van der Waals surface area contributed by atoms with Crippen molar-refractivity contribution in [1.29, 1.82) is 0 Å². The highest BCUT2D eigenvalue weighted by Gasteiger charge is 2.30. The number of nitrogens with one attached hydrogen (secondary N) is 4. The predicted molar refractivity (Wildman–Crippen MR) is 99.1 cm³/mol. The van der Waals surface area contributed by atoms with Gasteiger partial charge in [-0.3, -0.25) is 9.69 Å². The molecule has 26 heavy (non-hydrogen) atoms. The van der Waals surface area contributed by atoms with Gasteiger partial charge in [0.05, 0.1) is 34.6 Å². The van der Waals surface area contributed by atoms with Crippen molar-refractivity contribution in [3.63, 3.8) is 0 Å². The van der Waals surface area contributed by atoms with E-state index in [9.17, 15) is 9.59 Å². The van der Waals surface area contributed by atoms with E-state index in [0.29, 0.717) is 6.42 Å². The molecule has 8 nitrogen and oxygen atoms in total. The number of hydrogen-bond acceptors (Lipinski definition) is 7. The summed E-state index contributed by atoms with van der Waals surface area (Å²) in [4.78, 5) is 26.8. The summed E-state index contributed by atoms with van der Waals surface area (Å²) >= 11 is 12.0. The maximum Gasteiger partial charge on any atom is 0.340 e. The van der Waals surface area contributed by atoms with Gasteiger partial charge in [-0.2, -0.15) is 0 Å². The molecule has 2 atom stereocenters. The zero-order valence-corrected chi connectivity index (χ0v) is 15.8. The minimum Gasteiger partial charge on any atom is -0.465 e. The molecule has 142 valence electrons. The number of benzene rings is 1. The first-order valence-corrected chi connectivity index (χ1v) is 9.09. The molecule has 1 aromatic carbocycles. The van der Waals surface area contributed by atoms with Crippen molar-refractivity contribution >= 4 is 40.8 Å². The highest BCUT2D eigenvalue weighted by atomic mass is 35.5. The van der Waals surface area contributed by atoms with E-state index in [0.717, 1.165) is 26.2 Å². The number of hydrazine groups is 1. The molecule has 1 amide bonds. The first-order valence-electron chi connectivity index (χ1n) is 8.33. The maximum absolute atomic E-state index is 12.6. The van der Waals surface area contributed by atoms with Crippen LogP contribution in [0.15, 0.2) is 12.1 Å². The van der Waals surface area contributed by atoms with Gasteiger partial charge in [-0.25, -0.2) is 15.6 Å². The standard InChI is InChI=1S/C16H21Cl2N5O3/c1-26-16(25)9-6-10(17)11(18)7-13(9)20-15(24)12-2-3-14(22-21-12)23-5-4-19-8-23/h6-7,12,14,19,21-22H,2-5,8H2,1H3,(H,20,24). The van der Waals surface area contributed by atoms with Gasteiger partial charge >= 0.3 is 5.97 Å². The fraction of sp³-hybridized carbons (Fsp3) is 0.500. The van der Waals surface area contributed by atoms with Crippen LogP contribution in [0.2, 0.25) is 10.0 Å². The topological polar surface area (TPSA) is 94.7 Å². The minimum absolute atomic E-state index is 0.153. The summed E-state index contributed by atoms with van der Waals surface area (Å²) < 4.78 is 4.74. The summed E-state index contributed by atoms with van der Waals surface area (Å²) in [6.07, 6.45) is 1.68. The van der Waals surface area contributed by atoms with Crippen LogP contribution in [0.5, 0.6) is 0 Å². The average molecular weight is 402 g/mol. The summed E-state index contributed by atoms with van der Waals surface area (Å²) in [7, 11) is 1.26. The first-order chi connectivity index (χ1) is 12.5. The van der Waals surface area contributed by atoms with Crippen molar-refractivity contribution < 1.29 is 14.3 Å². The van der Waals surface area contributed by atoms with E-state index in [1.807, 2.05) is 0 Å². The largest absolute Gasteiger partial charge is 0.465 e. The number of esters is 1. The highest BCUT2D eigenvalue weighted by molar-refractivity contribution is 6.42. The van der Waals surface area contributed by atoms with Gasteiger partial charge in [0.15, 0.2) is 0 Å². The lowest BCUT2D eigenvalue weighted by atomic mass is 10.1. The van der Waals surface area contributed by atoms with Gasteiger partial charge in [-0.1, -0.05) is 23.2 Å². The quantitative estimate of drug-likeness (QED) is 0.562. The number of rotatable bonds is 4. The molecular weight excluding hydrogens is 381 g/mol. The summed E-state index contributed by atoms with van der Waals surface area (Å²) in [5, 5.41) is 6.47. The molecule has 4 N–H and O–H groups in total. The Morgan fingerprint density at radius 3 is 2.62 bits per heavy atom. The minimum atomic E-state index is -0.602. The fourth-order valence-corrected chi connectivity index (χ4v) is 3.40. The van der Waals surface area contributed by atoms with E-state index in [4.69, 9.17) is 27.9 Å². The highest BCUT2D eigenvalue weighted by Crippen LogP contribution is 2.30. The third-order valence-corrected chi connectivity index (χ3v) is 5.25. The van der Waals surface area contributed by atoms with Gasteiger partial charge in [0.25, 0.3) is 0 Å². The molecule has 0 spiro atoms. The van der Waals surface area contributed by atoms with Crippen molar-refractivity contribution in [2.75, 3.05) is 32.2 Å². The summed E-state index contributed by atoms with van der Waals surface area (Å²) in [5.41, 5.74) is 6.65. The lowest BCUT2D eigenvalue weighted by molar-refractivity contribution is -0.119. The number of amides is 1. The molecule has 2 aliphatic heterocycles. The van der Waals surface area contributed by atoms with Crippen molar-refractivity contribution in [2.45, 2.75) is 25.0 Å². The molecule has 2 saturated heterocycles. The summed E-state index contributed by atoms with van der Waals surface area (Å²) in [6.45, 7) is 2.78. The Labute approximate surface area is 161 Å². The Kier molecular flexibility index (Phi) is 6.33. The number of nitrogens with zero attached hydrogens (tertiary/aromatic N) is 1. The van der Waals surface area contributed by atoms with Crippen LogP contribution in [0.1, 0.15) is 23.2 Å². The number of hydrogen-bond donors (Lipinski definition) is 4. The molecule has 0 bridgehead atoms. The van der Waals surface area contributed by atoms with Gasteiger partial charge in [0.1, 0.15) is 6.04 Å². The Balaban J connectivity index is 1.65. The van der Waals surface area contributed by atoms with Gasteiger partial charge in [-0.05, 0) is 25.0 Å². The smallest absolute Gasteiger partial charge is 0.340 e. The molecule has 2 fully saturated rings. The van der Waals surface area contributed by atoms with E-state index in [-0.39, 0.29) is 33.4 Å². The summed E-state index contributed by atoms with van der Waals surface area (Å²) in [5.74, 6) is -0.866. The second-order valence-corrected chi connectivity index (χ2v) is 7.01. The number of halogens is 2. The van der Waals surface area contributed by atoms with Crippen LogP contribution in [-0.4, -0.2) is 55.9 Å². The van der Waals surface area contributed by atoms with Crippen LogP contribution in [0, 0.1) is 0 Å². The van der Waals surface area contributed by atoms with E-state index >= 15 is 0 Å². The molecule has 10 heteroatoms. The van der Waals surface area contributed by atoms with E-state index in [2.05, 4.69) is 26.4 Å². The lowest BCUT2D eigenvalue weighted by Gasteiger charge is -2.35. The second kappa shape index (κ2) is 8.51. The normalized spacial score (nSPS) is 23.7. The Morgan fingerprint density at radius 1 is 1.23 bits per heavy atom. The molecule has 0 saturated carbocycles.